The van der Waals surface area contributed by atoms with Crippen molar-refractivity contribution in [2.45, 2.75) is 85.5 Å². The average Bonchev–Trinajstić information content (AvgIpc) is 3.51. The standard InChI is InChI=1S/C48H49N4O.Pt/c1-13-30(14-2)31-20-21-50-41(25-31)33-22-32(23-34(24-33)46(3,4)5)39-16-15-17-42-44(39)51-45(40-29-37(49-12)18-19-43(40)53)52(42)38-27-35(47(6,7)8)26-36(28-38)48(9,10)11;/h13-21,23-29,53H,1H2,2-11H3;/q-1;/b30-14+;. The molecule has 278 valence electrons. The summed E-state index contributed by atoms with van der Waals surface area (Å²) in [5.41, 5.74) is 12.3. The minimum absolute atomic E-state index is 0. The summed E-state index contributed by atoms with van der Waals surface area (Å²) in [5, 5.41) is 11.3. The van der Waals surface area contributed by atoms with E-state index in [0.29, 0.717) is 17.1 Å². The van der Waals surface area contributed by atoms with Gasteiger partial charge in [-0.15, -0.1) is 29.3 Å². The zero-order valence-electron chi connectivity index (χ0n) is 33.0. The van der Waals surface area contributed by atoms with E-state index in [9.17, 15) is 5.11 Å². The summed E-state index contributed by atoms with van der Waals surface area (Å²) in [7, 11) is 0. The van der Waals surface area contributed by atoms with E-state index in [1.54, 1.807) is 18.2 Å². The third-order valence-corrected chi connectivity index (χ3v) is 9.87. The zero-order valence-corrected chi connectivity index (χ0v) is 35.3. The fourth-order valence-electron chi connectivity index (χ4n) is 6.58. The number of nitrogens with zero attached hydrogens (tertiary/aromatic N) is 4. The van der Waals surface area contributed by atoms with E-state index in [4.69, 9.17) is 16.5 Å². The van der Waals surface area contributed by atoms with Crippen molar-refractivity contribution in [3.05, 3.63) is 144 Å². The number of pyridine rings is 1. The summed E-state index contributed by atoms with van der Waals surface area (Å²) < 4.78 is 2.14. The van der Waals surface area contributed by atoms with Crippen molar-refractivity contribution in [2.75, 3.05) is 0 Å². The predicted octanol–water partition coefficient (Wildman–Crippen LogP) is 13.0. The van der Waals surface area contributed by atoms with Crippen LogP contribution in [0.2, 0.25) is 0 Å². The number of hydrogen-bond acceptors (Lipinski definition) is 3. The number of hydrogen-bond donors (Lipinski definition) is 1. The Balaban J connectivity index is 0.00000561. The molecular formula is C48H49N4OPt-. The molecule has 6 rings (SSSR count). The van der Waals surface area contributed by atoms with Gasteiger partial charge >= 0.3 is 0 Å². The van der Waals surface area contributed by atoms with Crippen LogP contribution in [0, 0.1) is 12.6 Å². The van der Waals surface area contributed by atoms with Crippen LogP contribution in [0.25, 0.3) is 60.9 Å². The number of aromatic nitrogens is 3. The molecule has 0 spiro atoms. The number of para-hydroxylation sites is 1. The van der Waals surface area contributed by atoms with Gasteiger partial charge in [0.2, 0.25) is 0 Å². The number of allylic oxidation sites excluding steroid dienone is 3. The Morgan fingerprint density at radius 3 is 2.02 bits per heavy atom. The van der Waals surface area contributed by atoms with Crippen LogP contribution in [0.3, 0.4) is 0 Å². The second-order valence-corrected chi connectivity index (χ2v) is 16.9. The van der Waals surface area contributed by atoms with Crippen LogP contribution in [0.1, 0.15) is 91.5 Å². The Kier molecular flexibility index (Phi) is 11.2. The average molecular weight is 893 g/mol. The molecule has 0 aliphatic rings. The first-order valence-corrected chi connectivity index (χ1v) is 18.2. The number of phenols is 1. The number of imidazole rings is 1. The number of phenolic OH excluding ortho intramolecular Hbond substituents is 1. The summed E-state index contributed by atoms with van der Waals surface area (Å²) >= 11 is 0. The van der Waals surface area contributed by atoms with Gasteiger partial charge < -0.3 is 5.11 Å². The van der Waals surface area contributed by atoms with Crippen LogP contribution in [-0.2, 0) is 37.3 Å². The minimum atomic E-state index is -0.160. The van der Waals surface area contributed by atoms with Crippen molar-refractivity contribution in [3.8, 4) is 45.2 Å². The molecule has 6 aromatic rings. The zero-order chi connectivity index (χ0) is 38.5. The van der Waals surface area contributed by atoms with Gasteiger partial charge in [-0.05, 0) is 81.8 Å². The van der Waals surface area contributed by atoms with E-state index < -0.39 is 0 Å². The fraction of sp³-hybridized carbons (Fsp3) is 0.271. The molecule has 0 fully saturated rings. The Bertz CT molecular complexity index is 2420. The summed E-state index contributed by atoms with van der Waals surface area (Å²) in [4.78, 5) is 13.8. The second-order valence-electron chi connectivity index (χ2n) is 16.9. The van der Waals surface area contributed by atoms with Crippen molar-refractivity contribution in [3.63, 3.8) is 0 Å². The van der Waals surface area contributed by atoms with Gasteiger partial charge in [0.05, 0.1) is 17.6 Å². The van der Waals surface area contributed by atoms with Gasteiger partial charge in [-0.1, -0.05) is 123 Å². The molecule has 0 aliphatic heterocycles. The van der Waals surface area contributed by atoms with Crippen molar-refractivity contribution in [1.82, 2.24) is 14.5 Å². The molecule has 0 radical (unpaired) electrons. The van der Waals surface area contributed by atoms with Gasteiger partial charge in [0, 0.05) is 44.2 Å². The first-order valence-electron chi connectivity index (χ1n) is 18.2. The maximum atomic E-state index is 11.3. The Labute approximate surface area is 335 Å². The number of benzene rings is 4. The SMILES string of the molecule is [C-]#[N+]c1ccc(O)c(-c2nc3c(-c4[c-]c(-c5cc(/C(C=C)=C/C)ccn5)cc(C(C)(C)C)c4)cccc3n2-c2cc(C(C)(C)C)cc(C(C)(C)C)c2)c1.[Pt]. The summed E-state index contributed by atoms with van der Waals surface area (Å²) in [6, 6.07) is 30.2. The van der Waals surface area contributed by atoms with Gasteiger partial charge in [-0.3, -0.25) is 9.55 Å². The first-order chi connectivity index (χ1) is 24.9. The topological polar surface area (TPSA) is 55.3 Å². The maximum absolute atomic E-state index is 11.3. The summed E-state index contributed by atoms with van der Waals surface area (Å²) in [5.74, 6) is 0.624. The quantitative estimate of drug-likeness (QED) is 0.134. The van der Waals surface area contributed by atoms with E-state index in [1.807, 2.05) is 25.3 Å². The van der Waals surface area contributed by atoms with Crippen LogP contribution >= 0.6 is 0 Å². The molecule has 0 unspecified atom stereocenters. The molecular weight excluding hydrogens is 844 g/mol. The van der Waals surface area contributed by atoms with Gasteiger partial charge in [0.15, 0.2) is 5.69 Å². The number of aromatic hydroxyl groups is 1. The molecule has 0 saturated carbocycles. The van der Waals surface area contributed by atoms with Gasteiger partial charge in [0.25, 0.3) is 0 Å². The maximum Gasteiger partial charge on any atom is 0.188 e. The predicted molar refractivity (Wildman–Crippen MR) is 222 cm³/mol. The smallest absolute Gasteiger partial charge is 0.188 e. The molecule has 1 N–H and O–H groups in total. The van der Waals surface area contributed by atoms with Crippen molar-refractivity contribution < 1.29 is 26.2 Å². The summed E-state index contributed by atoms with van der Waals surface area (Å²) in [6.45, 7) is 33.8. The van der Waals surface area contributed by atoms with Crippen molar-refractivity contribution >= 4 is 22.3 Å². The van der Waals surface area contributed by atoms with Crippen molar-refractivity contribution in [2.24, 2.45) is 0 Å². The van der Waals surface area contributed by atoms with Gasteiger partial charge in [-0.2, -0.15) is 0 Å². The number of rotatable bonds is 6. The molecule has 0 bridgehead atoms. The molecule has 6 heteroatoms. The van der Waals surface area contributed by atoms with E-state index >= 15 is 0 Å². The molecule has 2 aromatic heterocycles. The van der Waals surface area contributed by atoms with E-state index in [0.717, 1.165) is 55.8 Å². The Hall–Kier alpha value is -5.04. The molecule has 4 aromatic carbocycles. The van der Waals surface area contributed by atoms with Crippen molar-refractivity contribution in [1.29, 1.82) is 0 Å². The van der Waals surface area contributed by atoms with Crippen LogP contribution in [0.4, 0.5) is 5.69 Å². The third-order valence-electron chi connectivity index (χ3n) is 9.87. The number of fused-ring (bicyclic) bond motifs is 1. The van der Waals surface area contributed by atoms with Crippen LogP contribution in [0.5, 0.6) is 5.75 Å². The molecule has 0 amide bonds. The van der Waals surface area contributed by atoms with Crippen LogP contribution in [-0.4, -0.2) is 19.6 Å². The van der Waals surface area contributed by atoms with E-state index in [1.165, 1.54) is 11.1 Å². The molecule has 2 heterocycles. The first kappa shape index (κ1) is 40.2. The van der Waals surface area contributed by atoms with E-state index in [-0.39, 0.29) is 43.1 Å². The normalized spacial score (nSPS) is 12.4. The molecule has 0 saturated heterocycles. The molecule has 0 aliphatic carbocycles. The molecule has 0 atom stereocenters. The largest absolute Gasteiger partial charge is 0.507 e. The van der Waals surface area contributed by atoms with E-state index in [2.05, 4.69) is 145 Å². The Morgan fingerprint density at radius 2 is 1.43 bits per heavy atom. The molecule has 5 nitrogen and oxygen atoms in total. The van der Waals surface area contributed by atoms with Gasteiger partial charge in [0.1, 0.15) is 11.6 Å². The Morgan fingerprint density at radius 1 is 0.796 bits per heavy atom. The fourth-order valence-corrected chi connectivity index (χ4v) is 6.58. The second kappa shape index (κ2) is 15.0. The third kappa shape index (κ3) is 7.91. The monoisotopic (exact) mass is 892 g/mol. The van der Waals surface area contributed by atoms with Crippen LogP contribution in [0.15, 0.2) is 104 Å². The van der Waals surface area contributed by atoms with Gasteiger partial charge in [-0.25, -0.2) is 9.83 Å². The minimum Gasteiger partial charge on any atom is -0.507 e. The van der Waals surface area contributed by atoms with Crippen LogP contribution < -0.4 is 0 Å². The molecule has 54 heavy (non-hydrogen) atoms. The summed E-state index contributed by atoms with van der Waals surface area (Å²) in [6.07, 6.45) is 5.75.